The fourth-order valence-corrected chi connectivity index (χ4v) is 3.58. The lowest BCUT2D eigenvalue weighted by Crippen LogP contribution is -2.40. The molecular formula is C20H26F3N5O. The second-order valence-electron chi connectivity index (χ2n) is 7.09. The molecule has 6 nitrogen and oxygen atoms in total. The number of hydrogen-bond donors (Lipinski definition) is 1. The number of hydrogen-bond acceptors (Lipinski definition) is 3. The third-order valence-electron chi connectivity index (χ3n) is 4.88. The quantitative estimate of drug-likeness (QED) is 0.564. The molecule has 1 unspecified atom stereocenters. The first-order valence-electron chi connectivity index (χ1n) is 9.69. The van der Waals surface area contributed by atoms with E-state index in [2.05, 4.69) is 25.0 Å². The summed E-state index contributed by atoms with van der Waals surface area (Å²) in [6, 6.07) is 3.89. The normalized spacial score (nSPS) is 17.2. The van der Waals surface area contributed by atoms with Gasteiger partial charge >= 0.3 is 6.61 Å². The molecule has 1 aliphatic heterocycles. The molecule has 0 amide bonds. The van der Waals surface area contributed by atoms with Gasteiger partial charge in [0, 0.05) is 32.9 Å². The Morgan fingerprint density at radius 1 is 1.41 bits per heavy atom. The summed E-state index contributed by atoms with van der Waals surface area (Å²) in [4.78, 5) is 6.61. The Balaban J connectivity index is 1.69. The topological polar surface area (TPSA) is 54.7 Å². The summed E-state index contributed by atoms with van der Waals surface area (Å²) in [7, 11) is 1.90. The van der Waals surface area contributed by atoms with Gasteiger partial charge in [-0.3, -0.25) is 4.68 Å². The lowest BCUT2D eigenvalue weighted by Gasteiger charge is -2.22. The first-order chi connectivity index (χ1) is 14.0. The van der Waals surface area contributed by atoms with Gasteiger partial charge in [-0.15, -0.1) is 0 Å². The molecule has 1 fully saturated rings. The van der Waals surface area contributed by atoms with Crippen LogP contribution in [-0.4, -0.2) is 46.9 Å². The van der Waals surface area contributed by atoms with Crippen molar-refractivity contribution in [3.05, 3.63) is 47.5 Å². The highest BCUT2D eigenvalue weighted by atomic mass is 19.3. The van der Waals surface area contributed by atoms with E-state index in [0.717, 1.165) is 25.9 Å². The maximum Gasteiger partial charge on any atom is 0.387 e. The standard InChI is InChI=1S/C20H26F3N5O/c1-3-24-20(25-11-16-17(21)5-4-6-18(16)29-19(22)23)28-8-7-14(13-28)9-15-10-26-27(2)12-15/h4-6,10,12,14,19H,3,7-9,11,13H2,1-2H3,(H,24,25). The predicted molar refractivity (Wildman–Crippen MR) is 104 cm³/mol. The minimum absolute atomic E-state index is 0.0225. The molecule has 2 heterocycles. The lowest BCUT2D eigenvalue weighted by atomic mass is 10.0. The summed E-state index contributed by atoms with van der Waals surface area (Å²) in [6.45, 7) is 1.15. The van der Waals surface area contributed by atoms with Gasteiger partial charge in [0.15, 0.2) is 5.96 Å². The van der Waals surface area contributed by atoms with Crippen LogP contribution in [0.2, 0.25) is 0 Å². The van der Waals surface area contributed by atoms with Crippen LogP contribution in [0.5, 0.6) is 5.75 Å². The Morgan fingerprint density at radius 2 is 2.24 bits per heavy atom. The Hall–Kier alpha value is -2.71. The van der Waals surface area contributed by atoms with E-state index in [1.165, 1.54) is 23.8 Å². The van der Waals surface area contributed by atoms with E-state index in [-0.39, 0.29) is 17.9 Å². The van der Waals surface area contributed by atoms with Crippen molar-refractivity contribution in [2.75, 3.05) is 19.6 Å². The molecule has 1 atom stereocenters. The molecule has 0 bridgehead atoms. The number of aryl methyl sites for hydroxylation is 1. The number of aliphatic imine (C=N–C) groups is 1. The summed E-state index contributed by atoms with van der Waals surface area (Å²) in [5, 5.41) is 7.42. The zero-order valence-corrected chi connectivity index (χ0v) is 16.6. The summed E-state index contributed by atoms with van der Waals surface area (Å²) in [6.07, 6.45) is 5.84. The second-order valence-corrected chi connectivity index (χ2v) is 7.09. The fraction of sp³-hybridized carbons (Fsp3) is 0.500. The van der Waals surface area contributed by atoms with Gasteiger partial charge in [-0.1, -0.05) is 6.07 Å². The lowest BCUT2D eigenvalue weighted by molar-refractivity contribution is -0.0506. The van der Waals surface area contributed by atoms with Crippen molar-refractivity contribution in [3.63, 3.8) is 0 Å². The van der Waals surface area contributed by atoms with E-state index >= 15 is 0 Å². The molecule has 1 aromatic heterocycles. The molecule has 1 aliphatic rings. The number of ether oxygens (including phenoxy) is 1. The molecule has 0 aliphatic carbocycles. The highest BCUT2D eigenvalue weighted by Crippen LogP contribution is 2.25. The molecule has 0 spiro atoms. The van der Waals surface area contributed by atoms with Crippen LogP contribution in [0.3, 0.4) is 0 Å². The fourth-order valence-electron chi connectivity index (χ4n) is 3.58. The minimum atomic E-state index is -3.01. The van der Waals surface area contributed by atoms with Crippen molar-refractivity contribution in [3.8, 4) is 5.75 Å². The average Bonchev–Trinajstić information content (AvgIpc) is 3.29. The summed E-state index contributed by atoms with van der Waals surface area (Å²) >= 11 is 0. The van der Waals surface area contributed by atoms with Gasteiger partial charge in [0.25, 0.3) is 0 Å². The Labute approximate surface area is 168 Å². The van der Waals surface area contributed by atoms with Crippen LogP contribution in [0, 0.1) is 11.7 Å². The highest BCUT2D eigenvalue weighted by molar-refractivity contribution is 5.80. The van der Waals surface area contributed by atoms with Gasteiger partial charge in [0.05, 0.1) is 18.3 Å². The Bertz CT molecular complexity index is 839. The SMILES string of the molecule is CCNC(=NCc1c(F)cccc1OC(F)F)N1CCC(Cc2cnn(C)c2)C1. The smallest absolute Gasteiger partial charge is 0.387 e. The number of alkyl halides is 2. The van der Waals surface area contributed by atoms with Gasteiger partial charge < -0.3 is 15.0 Å². The van der Waals surface area contributed by atoms with Crippen LogP contribution in [0.4, 0.5) is 13.2 Å². The maximum atomic E-state index is 14.2. The molecule has 1 N–H and O–H groups in total. The van der Waals surface area contributed by atoms with E-state index in [9.17, 15) is 13.2 Å². The molecule has 1 aromatic carbocycles. The second kappa shape index (κ2) is 9.67. The number of nitrogens with one attached hydrogen (secondary N) is 1. The number of likely N-dealkylation sites (tertiary alicyclic amines) is 1. The monoisotopic (exact) mass is 409 g/mol. The van der Waals surface area contributed by atoms with Crippen molar-refractivity contribution in [2.24, 2.45) is 18.0 Å². The number of guanidine groups is 1. The van der Waals surface area contributed by atoms with Crippen LogP contribution in [0.1, 0.15) is 24.5 Å². The van der Waals surface area contributed by atoms with E-state index < -0.39 is 12.4 Å². The van der Waals surface area contributed by atoms with Crippen LogP contribution >= 0.6 is 0 Å². The molecule has 2 aromatic rings. The van der Waals surface area contributed by atoms with Crippen LogP contribution in [-0.2, 0) is 20.0 Å². The van der Waals surface area contributed by atoms with Crippen LogP contribution in [0.15, 0.2) is 35.6 Å². The van der Waals surface area contributed by atoms with Gasteiger partial charge in [-0.05, 0) is 43.4 Å². The van der Waals surface area contributed by atoms with Gasteiger partial charge in [-0.2, -0.15) is 13.9 Å². The molecule has 0 saturated carbocycles. The largest absolute Gasteiger partial charge is 0.434 e. The van der Waals surface area contributed by atoms with E-state index in [4.69, 9.17) is 0 Å². The molecule has 1 saturated heterocycles. The van der Waals surface area contributed by atoms with Crippen molar-refractivity contribution in [1.29, 1.82) is 0 Å². The zero-order chi connectivity index (χ0) is 20.8. The van der Waals surface area contributed by atoms with E-state index in [0.29, 0.717) is 18.4 Å². The predicted octanol–water partition coefficient (Wildman–Crippen LogP) is 3.19. The number of aromatic nitrogens is 2. The highest BCUT2D eigenvalue weighted by Gasteiger charge is 2.25. The summed E-state index contributed by atoms with van der Waals surface area (Å²) < 4.78 is 45.6. The van der Waals surface area contributed by atoms with E-state index in [1.54, 1.807) is 4.68 Å². The average molecular weight is 409 g/mol. The third kappa shape index (κ3) is 5.65. The third-order valence-corrected chi connectivity index (χ3v) is 4.88. The Kier molecular flexibility index (Phi) is 7.00. The van der Waals surface area contributed by atoms with Gasteiger partial charge in [0.2, 0.25) is 0 Å². The number of nitrogens with zero attached hydrogens (tertiary/aromatic N) is 4. The first kappa shape index (κ1) is 21.0. The molecular weight excluding hydrogens is 383 g/mol. The molecule has 0 radical (unpaired) electrons. The van der Waals surface area contributed by atoms with Crippen molar-refractivity contribution >= 4 is 5.96 Å². The van der Waals surface area contributed by atoms with Gasteiger partial charge in [-0.25, -0.2) is 9.38 Å². The van der Waals surface area contributed by atoms with Gasteiger partial charge in [0.1, 0.15) is 11.6 Å². The maximum absolute atomic E-state index is 14.2. The van der Waals surface area contributed by atoms with E-state index in [1.807, 2.05) is 26.4 Å². The molecule has 3 rings (SSSR count). The molecule has 29 heavy (non-hydrogen) atoms. The zero-order valence-electron chi connectivity index (χ0n) is 16.6. The minimum Gasteiger partial charge on any atom is -0.434 e. The summed E-state index contributed by atoms with van der Waals surface area (Å²) in [5.74, 6) is 0.316. The Morgan fingerprint density at radius 3 is 2.93 bits per heavy atom. The number of rotatable bonds is 7. The van der Waals surface area contributed by atoms with Crippen molar-refractivity contribution in [2.45, 2.75) is 32.9 Å². The van der Waals surface area contributed by atoms with Crippen LogP contribution in [0.25, 0.3) is 0 Å². The summed E-state index contributed by atoms with van der Waals surface area (Å²) in [5.41, 5.74) is 1.22. The van der Waals surface area contributed by atoms with Crippen molar-refractivity contribution < 1.29 is 17.9 Å². The molecule has 9 heteroatoms. The van der Waals surface area contributed by atoms with Crippen molar-refractivity contribution in [1.82, 2.24) is 20.0 Å². The number of benzene rings is 1. The molecule has 158 valence electrons. The first-order valence-corrected chi connectivity index (χ1v) is 9.69. The number of halogens is 3. The van der Waals surface area contributed by atoms with Crippen LogP contribution < -0.4 is 10.1 Å².